The largest absolute Gasteiger partial charge is 0.366 e. The average molecular weight is 529 g/mol. The number of thioether (sulfide) groups is 1. The Labute approximate surface area is 216 Å². The molecule has 1 aromatic carbocycles. The third-order valence-electron chi connectivity index (χ3n) is 6.04. The fourth-order valence-electron chi connectivity index (χ4n) is 4.14. The van der Waals surface area contributed by atoms with Crippen molar-refractivity contribution in [1.29, 1.82) is 0 Å². The third-order valence-corrected chi connectivity index (χ3v) is 8.41. The van der Waals surface area contributed by atoms with E-state index in [0.29, 0.717) is 29.6 Å². The van der Waals surface area contributed by atoms with Crippen molar-refractivity contribution in [2.45, 2.75) is 51.1 Å². The fourth-order valence-corrected chi connectivity index (χ4v) is 5.72. The number of allylic oxidation sites excluding steroid dienone is 2. The summed E-state index contributed by atoms with van der Waals surface area (Å²) < 4.78 is 23.5. The van der Waals surface area contributed by atoms with Gasteiger partial charge in [0, 0.05) is 50.0 Å². The second kappa shape index (κ2) is 11.1. The Morgan fingerprint density at radius 1 is 1.25 bits per heavy atom. The van der Waals surface area contributed by atoms with Crippen molar-refractivity contribution < 1.29 is 13.2 Å². The van der Waals surface area contributed by atoms with Crippen LogP contribution in [0.5, 0.6) is 0 Å². The highest BCUT2D eigenvalue weighted by atomic mass is 32.2. The van der Waals surface area contributed by atoms with E-state index in [4.69, 9.17) is 9.97 Å². The molecule has 0 atom stereocenters. The predicted octanol–water partition coefficient (Wildman–Crippen LogP) is 3.45. The normalized spacial score (nSPS) is 17.6. The molecule has 0 saturated carbocycles. The summed E-state index contributed by atoms with van der Waals surface area (Å²) in [4.78, 5) is 29.8. The zero-order valence-corrected chi connectivity index (χ0v) is 22.7. The molecule has 3 heterocycles. The maximum Gasteiger partial charge on any atom is 0.253 e. The number of likely N-dealkylation sites (N-methyl/N-ethyl adjacent to an activating group) is 1. The van der Waals surface area contributed by atoms with E-state index in [1.54, 1.807) is 24.3 Å². The van der Waals surface area contributed by atoms with E-state index < -0.39 is 9.84 Å². The minimum absolute atomic E-state index is 0.164. The standard InChI is InChI=1S/C25H32N6O3S2/c1-5-6-21(32)23-16(2)27-22(15-35-23)29-25-28-20-11-12-31(3)14-19(20)24(30-25)26-13-17-7-9-18(10-8-17)36(4,33)34/h7-10H,5-6,11-15H2,1-4H3,(H2,26,27,28,29,30). The summed E-state index contributed by atoms with van der Waals surface area (Å²) in [6.45, 7) is 6.04. The lowest BCUT2D eigenvalue weighted by molar-refractivity contribution is -0.115. The van der Waals surface area contributed by atoms with E-state index in [-0.39, 0.29) is 5.78 Å². The average Bonchev–Trinajstić information content (AvgIpc) is 2.83. The van der Waals surface area contributed by atoms with Gasteiger partial charge in [0.15, 0.2) is 15.6 Å². The summed E-state index contributed by atoms with van der Waals surface area (Å²) >= 11 is 1.51. The predicted molar refractivity (Wildman–Crippen MR) is 144 cm³/mol. The molecule has 4 rings (SSSR count). The molecular formula is C25H32N6O3S2. The number of sulfone groups is 1. The van der Waals surface area contributed by atoms with E-state index in [2.05, 4.69) is 27.6 Å². The minimum atomic E-state index is -3.23. The van der Waals surface area contributed by atoms with Crippen molar-refractivity contribution in [3.8, 4) is 0 Å². The van der Waals surface area contributed by atoms with Crippen molar-refractivity contribution >= 4 is 45.0 Å². The summed E-state index contributed by atoms with van der Waals surface area (Å²) in [6.07, 6.45) is 3.38. The molecule has 2 aliphatic rings. The van der Waals surface area contributed by atoms with Crippen LogP contribution in [0.3, 0.4) is 0 Å². The molecule has 0 bridgehead atoms. The summed E-state index contributed by atoms with van der Waals surface area (Å²) in [7, 11) is -1.16. The highest BCUT2D eigenvalue weighted by molar-refractivity contribution is 8.04. The van der Waals surface area contributed by atoms with Crippen molar-refractivity contribution in [2.24, 2.45) is 4.99 Å². The molecule has 0 radical (unpaired) electrons. The van der Waals surface area contributed by atoms with E-state index in [9.17, 15) is 13.2 Å². The molecule has 0 saturated heterocycles. The number of fused-ring (bicyclic) bond motifs is 1. The van der Waals surface area contributed by atoms with Crippen molar-refractivity contribution in [2.75, 3.05) is 30.9 Å². The number of anilines is 1. The van der Waals surface area contributed by atoms with Gasteiger partial charge in [0.2, 0.25) is 0 Å². The highest BCUT2D eigenvalue weighted by Gasteiger charge is 2.23. The van der Waals surface area contributed by atoms with Gasteiger partial charge in [0.1, 0.15) is 11.7 Å². The van der Waals surface area contributed by atoms with Gasteiger partial charge in [-0.05, 0) is 38.1 Å². The second-order valence-corrected chi connectivity index (χ2v) is 12.2. The number of carbonyl (C=O) groups excluding carboxylic acids is 1. The summed E-state index contributed by atoms with van der Waals surface area (Å²) in [5, 5.41) is 6.68. The van der Waals surface area contributed by atoms with Crippen molar-refractivity contribution in [3.63, 3.8) is 0 Å². The van der Waals surface area contributed by atoms with Crippen molar-refractivity contribution in [3.05, 3.63) is 51.7 Å². The van der Waals surface area contributed by atoms with Gasteiger partial charge in [-0.3, -0.25) is 4.79 Å². The Hall–Kier alpha value is -2.76. The number of hydrogen-bond acceptors (Lipinski definition) is 9. The lowest BCUT2D eigenvalue weighted by Gasteiger charge is -2.26. The van der Waals surface area contributed by atoms with Crippen LogP contribution in [0.25, 0.3) is 0 Å². The van der Waals surface area contributed by atoms with Gasteiger partial charge in [-0.25, -0.2) is 13.4 Å². The van der Waals surface area contributed by atoms with Crippen LogP contribution in [-0.2, 0) is 34.1 Å². The Balaban J connectivity index is 1.57. The maximum atomic E-state index is 12.3. The number of hydrogen-bond donors (Lipinski definition) is 2. The first-order valence-electron chi connectivity index (χ1n) is 12.0. The number of ketones is 1. The van der Waals surface area contributed by atoms with Gasteiger partial charge in [0.25, 0.3) is 5.95 Å². The van der Waals surface area contributed by atoms with Crippen LogP contribution in [0.4, 0.5) is 11.8 Å². The Morgan fingerprint density at radius 2 is 2.00 bits per heavy atom. The second-order valence-electron chi connectivity index (χ2n) is 9.15. The molecule has 2 N–H and O–H groups in total. The smallest absolute Gasteiger partial charge is 0.253 e. The fraction of sp³-hybridized carbons (Fsp3) is 0.440. The SMILES string of the molecule is CCCC(=O)C1=C(C)N/C(=N\c2nc3c(c(NCc4ccc(S(C)(=O)=O)cc4)n2)CN(C)CC3)CS1. The number of carbonyl (C=O) groups is 1. The molecule has 9 nitrogen and oxygen atoms in total. The number of aliphatic imine (C=N–C) groups is 1. The zero-order valence-electron chi connectivity index (χ0n) is 21.1. The molecule has 0 aliphatic carbocycles. The summed E-state index contributed by atoms with van der Waals surface area (Å²) in [5.74, 6) is 2.55. The molecule has 2 aliphatic heterocycles. The molecule has 11 heteroatoms. The van der Waals surface area contributed by atoms with Crippen LogP contribution < -0.4 is 10.6 Å². The van der Waals surface area contributed by atoms with Gasteiger partial charge in [-0.1, -0.05) is 19.1 Å². The zero-order chi connectivity index (χ0) is 25.9. The van der Waals surface area contributed by atoms with Crippen LogP contribution >= 0.6 is 11.8 Å². The molecular weight excluding hydrogens is 496 g/mol. The first-order valence-corrected chi connectivity index (χ1v) is 14.8. The van der Waals surface area contributed by atoms with Crippen LogP contribution in [0, 0.1) is 0 Å². The quantitative estimate of drug-likeness (QED) is 0.531. The Bertz CT molecular complexity index is 1320. The van der Waals surface area contributed by atoms with E-state index in [1.165, 1.54) is 18.0 Å². The Morgan fingerprint density at radius 3 is 2.67 bits per heavy atom. The molecule has 192 valence electrons. The maximum absolute atomic E-state index is 12.3. The van der Waals surface area contributed by atoms with Crippen LogP contribution in [0.2, 0.25) is 0 Å². The van der Waals surface area contributed by atoms with Gasteiger partial charge in [-0.2, -0.15) is 9.98 Å². The summed E-state index contributed by atoms with van der Waals surface area (Å²) in [5.41, 5.74) is 3.79. The number of nitrogens with one attached hydrogen (secondary N) is 2. The van der Waals surface area contributed by atoms with Crippen molar-refractivity contribution in [1.82, 2.24) is 20.2 Å². The molecule has 0 fully saturated rings. The van der Waals surface area contributed by atoms with Crippen LogP contribution in [-0.4, -0.2) is 60.5 Å². The number of nitrogens with zero attached hydrogens (tertiary/aromatic N) is 4. The first-order chi connectivity index (χ1) is 17.1. The van der Waals surface area contributed by atoms with E-state index in [0.717, 1.165) is 65.0 Å². The van der Waals surface area contributed by atoms with Crippen LogP contribution in [0.15, 0.2) is 44.8 Å². The third kappa shape index (κ3) is 6.32. The van der Waals surface area contributed by atoms with Gasteiger partial charge >= 0.3 is 0 Å². The molecule has 0 amide bonds. The number of aromatic nitrogens is 2. The Kier molecular flexibility index (Phi) is 8.11. The highest BCUT2D eigenvalue weighted by Crippen LogP contribution is 2.28. The van der Waals surface area contributed by atoms with Gasteiger partial charge in [0.05, 0.1) is 21.2 Å². The molecule has 0 unspecified atom stereocenters. The lowest BCUT2D eigenvalue weighted by atomic mass is 10.1. The summed E-state index contributed by atoms with van der Waals surface area (Å²) in [6, 6.07) is 6.85. The number of Topliss-reactive ketones (excluding diaryl/α,β-unsaturated/α-hetero) is 1. The molecule has 0 spiro atoms. The van der Waals surface area contributed by atoms with Crippen LogP contribution in [0.1, 0.15) is 43.5 Å². The van der Waals surface area contributed by atoms with Gasteiger partial charge in [-0.15, -0.1) is 11.8 Å². The van der Waals surface area contributed by atoms with Gasteiger partial charge < -0.3 is 15.5 Å². The minimum Gasteiger partial charge on any atom is -0.366 e. The number of benzene rings is 1. The lowest BCUT2D eigenvalue weighted by Crippen LogP contribution is -2.30. The molecule has 1 aromatic heterocycles. The van der Waals surface area contributed by atoms with E-state index >= 15 is 0 Å². The molecule has 36 heavy (non-hydrogen) atoms. The first kappa shape index (κ1) is 26.3. The van der Waals surface area contributed by atoms with E-state index in [1.807, 2.05) is 13.8 Å². The monoisotopic (exact) mass is 528 g/mol. The molecule has 2 aromatic rings. The number of rotatable bonds is 8. The number of amidine groups is 1. The topological polar surface area (TPSA) is 117 Å².